The molecule has 418 valence electrons. The number of aliphatic hydroxyl groups excluding tert-OH is 2. The van der Waals surface area contributed by atoms with Gasteiger partial charge in [0, 0.05) is 81.3 Å². The molecule has 5 rings (SSSR count). The van der Waals surface area contributed by atoms with E-state index in [1.165, 1.54) is 34.1 Å². The van der Waals surface area contributed by atoms with Crippen molar-refractivity contribution in [2.45, 2.75) is 186 Å². The summed E-state index contributed by atoms with van der Waals surface area (Å²) in [5.74, 6) is -7.16. The highest BCUT2D eigenvalue weighted by molar-refractivity contribution is 5.93. The second-order valence-corrected chi connectivity index (χ2v) is 21.9. The summed E-state index contributed by atoms with van der Waals surface area (Å²) < 4.78 is 45.9. The van der Waals surface area contributed by atoms with Gasteiger partial charge in [-0.15, -0.1) is 0 Å². The molecule has 3 aliphatic rings. The van der Waals surface area contributed by atoms with Crippen molar-refractivity contribution in [3.05, 3.63) is 40.2 Å². The molecular weight excluding hydrogens is 965 g/mol. The van der Waals surface area contributed by atoms with Crippen LogP contribution in [-0.4, -0.2) is 184 Å². The second kappa shape index (κ2) is 24.9. The maximum absolute atomic E-state index is 14.4. The summed E-state index contributed by atoms with van der Waals surface area (Å²) in [5.41, 5.74) is -4.70. The molecule has 21 heteroatoms. The number of aromatic nitrogens is 1. The van der Waals surface area contributed by atoms with Gasteiger partial charge in [-0.05, 0) is 93.1 Å². The van der Waals surface area contributed by atoms with Crippen LogP contribution in [0.25, 0.3) is 10.9 Å². The highest BCUT2D eigenvalue weighted by Crippen LogP contribution is 2.41. The van der Waals surface area contributed by atoms with Crippen LogP contribution in [0.1, 0.15) is 112 Å². The zero-order chi connectivity index (χ0) is 55.4. The number of pyridine rings is 1. The molecule has 18 atom stereocenters. The Kier molecular flexibility index (Phi) is 20.4. The number of carboxylic acids is 1. The van der Waals surface area contributed by atoms with Gasteiger partial charge in [-0.2, -0.15) is 0 Å². The van der Waals surface area contributed by atoms with Crippen molar-refractivity contribution in [2.75, 3.05) is 46.2 Å². The van der Waals surface area contributed by atoms with Gasteiger partial charge in [0.1, 0.15) is 34.8 Å². The van der Waals surface area contributed by atoms with Crippen molar-refractivity contribution in [1.29, 1.82) is 0 Å². The lowest BCUT2D eigenvalue weighted by atomic mass is 9.74. The number of carbonyl (C=O) groups is 4. The number of aromatic carboxylic acids is 1. The van der Waals surface area contributed by atoms with Gasteiger partial charge in [-0.25, -0.2) is 4.79 Å². The number of likely N-dealkylation sites (N-methyl/N-ethyl adjacent to an activating group) is 1. The Morgan fingerprint density at radius 3 is 2.22 bits per heavy atom. The molecule has 1 aromatic heterocycles. The highest BCUT2D eigenvalue weighted by Gasteiger charge is 2.54. The zero-order valence-corrected chi connectivity index (χ0v) is 45.7. The Balaban J connectivity index is 1.33. The molecule has 0 radical (unpaired) electrons. The summed E-state index contributed by atoms with van der Waals surface area (Å²) in [6, 6.07) is 4.66. The number of carbonyl (C=O) groups excluding carboxylic acids is 3. The molecule has 0 unspecified atom stereocenters. The number of carboxylic acid groups (broad SMARTS) is 1. The molecule has 0 aliphatic carbocycles. The fraction of sp³-hybridized carbons (Fsp3) is 0.755. The molecule has 3 fully saturated rings. The lowest BCUT2D eigenvalue weighted by molar-refractivity contribution is -0.318. The highest BCUT2D eigenvalue weighted by atomic mass is 16.7. The summed E-state index contributed by atoms with van der Waals surface area (Å²) in [7, 11) is 6.81. The number of esters is 2. The molecule has 1 aromatic carbocycles. The molecule has 2 aromatic rings. The number of hydrogen-bond donors (Lipinski definition) is 7. The van der Waals surface area contributed by atoms with Gasteiger partial charge >= 0.3 is 17.9 Å². The van der Waals surface area contributed by atoms with Crippen LogP contribution in [0.15, 0.2) is 29.2 Å². The third-order valence-corrected chi connectivity index (χ3v) is 15.6. The minimum atomic E-state index is -2.06. The SMILES string of the molecule is CC[C@H]1OC(=O)[C@H](C)[C@@H](O[C@H]2C[C@@](C)(OC)[C@@H](OC(=O)CCNCCNc3ccc4c(=O)c(C(=O)O)cn(C)c4c3)[C@H](C)O2)[C@H](C)[C@@H](O[C@@H]2O[C@H](C)C[C@H](N(C)C)[C@H]2O)[C@](C)(O)C[C@@H](C)C(=O)[C@H](C)[C@@H](O)[C@]1(C)O. The van der Waals surface area contributed by atoms with Crippen LogP contribution in [0.2, 0.25) is 0 Å². The van der Waals surface area contributed by atoms with E-state index in [0.29, 0.717) is 30.7 Å². The molecule has 21 nitrogen and oxygen atoms in total. The van der Waals surface area contributed by atoms with Crippen LogP contribution in [0.4, 0.5) is 5.69 Å². The largest absolute Gasteiger partial charge is 0.477 e. The average Bonchev–Trinajstić information content (AvgIpc) is 3.33. The lowest BCUT2D eigenvalue weighted by Gasteiger charge is -2.49. The first kappa shape index (κ1) is 60.7. The number of nitrogens with zero attached hydrogens (tertiary/aromatic N) is 2. The average molecular weight is 1050 g/mol. The summed E-state index contributed by atoms with van der Waals surface area (Å²) in [5, 5.41) is 63.7. The van der Waals surface area contributed by atoms with Gasteiger partial charge < -0.3 is 78.8 Å². The van der Waals surface area contributed by atoms with Crippen molar-refractivity contribution in [1.82, 2.24) is 14.8 Å². The van der Waals surface area contributed by atoms with Crippen molar-refractivity contribution >= 4 is 40.3 Å². The van der Waals surface area contributed by atoms with E-state index in [2.05, 4.69) is 10.6 Å². The maximum Gasteiger partial charge on any atom is 0.341 e. The van der Waals surface area contributed by atoms with E-state index in [1.54, 1.807) is 71.4 Å². The number of anilines is 1. The number of hydrogen-bond acceptors (Lipinski definition) is 19. The maximum atomic E-state index is 14.4. The van der Waals surface area contributed by atoms with Crippen LogP contribution in [0, 0.1) is 23.7 Å². The first-order valence-electron chi connectivity index (χ1n) is 25.9. The van der Waals surface area contributed by atoms with Crippen LogP contribution < -0.4 is 16.1 Å². The second-order valence-electron chi connectivity index (χ2n) is 21.9. The van der Waals surface area contributed by atoms with E-state index in [0.717, 1.165) is 0 Å². The predicted octanol–water partition coefficient (Wildman–Crippen LogP) is 2.98. The molecule has 7 N–H and O–H groups in total. The number of ether oxygens (including phenoxy) is 7. The number of methoxy groups -OCH3 is 1. The number of cyclic esters (lactones) is 1. The number of aryl methyl sites for hydroxylation is 1. The zero-order valence-electron chi connectivity index (χ0n) is 45.7. The van der Waals surface area contributed by atoms with E-state index in [9.17, 15) is 49.5 Å². The summed E-state index contributed by atoms with van der Waals surface area (Å²) >= 11 is 0. The summed E-state index contributed by atoms with van der Waals surface area (Å²) in [4.78, 5) is 67.9. The lowest BCUT2D eigenvalue weighted by Crippen LogP contribution is -2.61. The van der Waals surface area contributed by atoms with Crippen molar-refractivity contribution in [2.24, 2.45) is 30.7 Å². The van der Waals surface area contributed by atoms with Gasteiger partial charge in [0.15, 0.2) is 18.7 Å². The van der Waals surface area contributed by atoms with Crippen LogP contribution in [0.3, 0.4) is 0 Å². The number of benzene rings is 1. The Hall–Kier alpha value is -4.13. The summed E-state index contributed by atoms with van der Waals surface area (Å²) in [6.45, 7) is 17.4. The topological polar surface area (TPSA) is 283 Å². The molecule has 0 amide bonds. The third kappa shape index (κ3) is 13.7. The van der Waals surface area contributed by atoms with Gasteiger partial charge in [-0.3, -0.25) is 19.2 Å². The third-order valence-electron chi connectivity index (χ3n) is 15.6. The molecule has 74 heavy (non-hydrogen) atoms. The Morgan fingerprint density at radius 2 is 1.59 bits per heavy atom. The van der Waals surface area contributed by atoms with Crippen LogP contribution in [-0.2, 0) is 54.6 Å². The molecule has 0 spiro atoms. The molecular formula is C53H84N4O17. The van der Waals surface area contributed by atoms with Gasteiger partial charge in [0.25, 0.3) is 0 Å². The minimum absolute atomic E-state index is 0.000652. The van der Waals surface area contributed by atoms with Gasteiger partial charge in [0.05, 0.1) is 54.0 Å². The smallest absolute Gasteiger partial charge is 0.341 e. The van der Waals surface area contributed by atoms with Crippen LogP contribution >= 0.6 is 0 Å². The Bertz CT molecular complexity index is 2330. The minimum Gasteiger partial charge on any atom is -0.477 e. The molecule has 3 saturated heterocycles. The quantitative estimate of drug-likeness (QED) is 0.0940. The fourth-order valence-corrected chi connectivity index (χ4v) is 11.2. The van der Waals surface area contributed by atoms with Gasteiger partial charge in [0.2, 0.25) is 5.43 Å². The van der Waals surface area contributed by atoms with E-state index in [-0.39, 0.29) is 55.3 Å². The Morgan fingerprint density at radius 1 is 0.919 bits per heavy atom. The molecule has 3 aliphatic heterocycles. The van der Waals surface area contributed by atoms with E-state index >= 15 is 0 Å². The fourth-order valence-electron chi connectivity index (χ4n) is 11.2. The number of fused-ring (bicyclic) bond motifs is 1. The first-order valence-corrected chi connectivity index (χ1v) is 25.9. The number of rotatable bonds is 16. The molecule has 0 bridgehead atoms. The van der Waals surface area contributed by atoms with Crippen LogP contribution in [0.5, 0.6) is 0 Å². The standard InChI is InChI=1S/C53H84N4O17/c1-15-38-53(10,67)45(62)29(4)41(59)27(2)24-51(8,66)46(74-50-43(61)37(56(11)12)22-28(3)69-50)30(5)44(31(6)49(65)71-38)73-40-25-52(9,68-14)47(32(7)70-40)72-39(58)18-19-54-20-21-55-33-16-17-34-36(23-33)57(13)26-35(42(34)60)48(63)64/h16-17,23,26-32,37-38,40,43-47,50,54-55,61-62,66-67H,15,18-22,24-25H2,1-14H3,(H,63,64)/t27-,28-,29+,30+,31-,32+,37+,38-,40+,43-,44+,45-,46-,47+,50+,51-,52-,53-/m1/s1. The van der Waals surface area contributed by atoms with Crippen molar-refractivity contribution < 1.29 is 77.9 Å². The molecule has 4 heterocycles. The Labute approximate surface area is 434 Å². The summed E-state index contributed by atoms with van der Waals surface area (Å²) in [6.07, 6.45) is -9.29. The van der Waals surface area contributed by atoms with Crippen molar-refractivity contribution in [3.63, 3.8) is 0 Å². The van der Waals surface area contributed by atoms with E-state index in [4.69, 9.17) is 33.2 Å². The van der Waals surface area contributed by atoms with Crippen molar-refractivity contribution in [3.8, 4) is 0 Å². The predicted molar refractivity (Wildman–Crippen MR) is 272 cm³/mol. The normalized spacial score (nSPS) is 37.8. The monoisotopic (exact) mass is 1050 g/mol. The number of Topliss-reactive ketones (excluding diaryl/α,β-unsaturated/α-hetero) is 1. The number of aliphatic hydroxyl groups is 4. The van der Waals surface area contributed by atoms with E-state index < -0.39 is 125 Å². The van der Waals surface area contributed by atoms with E-state index in [1.807, 2.05) is 25.9 Å². The first-order chi connectivity index (χ1) is 34.5. The number of nitrogens with one attached hydrogen (secondary N) is 2. The molecule has 0 saturated carbocycles. The van der Waals surface area contributed by atoms with Gasteiger partial charge in [-0.1, -0.05) is 27.7 Å². The number of ketones is 1.